The highest BCUT2D eigenvalue weighted by atomic mass is 16.5. The number of aryl methyl sites for hydroxylation is 2. The van der Waals surface area contributed by atoms with Crippen LogP contribution in [0.3, 0.4) is 0 Å². The van der Waals surface area contributed by atoms with Crippen molar-refractivity contribution in [3.05, 3.63) is 11.3 Å². The van der Waals surface area contributed by atoms with Gasteiger partial charge in [0.1, 0.15) is 0 Å². The van der Waals surface area contributed by atoms with Gasteiger partial charge in [-0.3, -0.25) is 0 Å². The summed E-state index contributed by atoms with van der Waals surface area (Å²) >= 11 is 0. The fourth-order valence-corrected chi connectivity index (χ4v) is 3.03. The first kappa shape index (κ1) is 16.3. The van der Waals surface area contributed by atoms with E-state index in [9.17, 15) is 0 Å². The number of rotatable bonds is 4. The topological polar surface area (TPSA) is 48.3 Å². The Hall–Kier alpha value is -1.07. The van der Waals surface area contributed by atoms with E-state index >= 15 is 0 Å². The third-order valence-corrected chi connectivity index (χ3v) is 4.03. The van der Waals surface area contributed by atoms with E-state index in [4.69, 9.17) is 9.47 Å². The van der Waals surface area contributed by atoms with Gasteiger partial charge in [0.2, 0.25) is 5.88 Å². The molecule has 5 nitrogen and oxygen atoms in total. The summed E-state index contributed by atoms with van der Waals surface area (Å²) in [5.74, 6) is 1.27. The molecule has 5 heteroatoms. The number of ether oxygens (including phenoxy) is 2. The van der Waals surface area contributed by atoms with Gasteiger partial charge in [-0.2, -0.15) is 5.10 Å². The van der Waals surface area contributed by atoms with Crippen molar-refractivity contribution >= 4 is 0 Å². The van der Waals surface area contributed by atoms with Crippen molar-refractivity contribution in [2.24, 2.45) is 13.0 Å². The maximum absolute atomic E-state index is 6.11. The smallest absolute Gasteiger partial charge is 0.217 e. The molecule has 0 aromatic carbocycles. The Balaban J connectivity index is 2.22. The molecule has 1 aromatic heterocycles. The Bertz CT molecular complexity index is 477. The molecule has 2 atom stereocenters. The molecule has 1 aliphatic rings. The van der Waals surface area contributed by atoms with Crippen molar-refractivity contribution in [2.75, 3.05) is 20.3 Å². The van der Waals surface area contributed by atoms with Crippen LogP contribution in [0, 0.1) is 12.8 Å². The van der Waals surface area contributed by atoms with Crippen LogP contribution in [0.25, 0.3) is 0 Å². The minimum absolute atomic E-state index is 0.0669. The molecule has 21 heavy (non-hydrogen) atoms. The van der Waals surface area contributed by atoms with Crippen molar-refractivity contribution in [2.45, 2.75) is 52.2 Å². The summed E-state index contributed by atoms with van der Waals surface area (Å²) in [7, 11) is 3.62. The monoisotopic (exact) mass is 295 g/mol. The molecule has 2 unspecified atom stereocenters. The van der Waals surface area contributed by atoms with Crippen LogP contribution in [0.5, 0.6) is 5.88 Å². The summed E-state index contributed by atoms with van der Waals surface area (Å²) in [5.41, 5.74) is 2.23. The molecule has 1 fully saturated rings. The zero-order valence-electron chi connectivity index (χ0n) is 14.2. The molecular formula is C16H29N3O2. The van der Waals surface area contributed by atoms with Gasteiger partial charge in [-0.1, -0.05) is 0 Å². The summed E-state index contributed by atoms with van der Waals surface area (Å²) in [4.78, 5) is 0. The van der Waals surface area contributed by atoms with Crippen molar-refractivity contribution in [3.63, 3.8) is 0 Å². The van der Waals surface area contributed by atoms with Crippen molar-refractivity contribution in [3.8, 4) is 5.88 Å². The van der Waals surface area contributed by atoms with Crippen LogP contribution in [-0.4, -0.2) is 35.6 Å². The van der Waals surface area contributed by atoms with Gasteiger partial charge in [-0.25, -0.2) is 4.68 Å². The number of methoxy groups -OCH3 is 1. The maximum Gasteiger partial charge on any atom is 0.217 e. The summed E-state index contributed by atoms with van der Waals surface area (Å²) in [6.45, 7) is 10.4. The van der Waals surface area contributed by atoms with Gasteiger partial charge in [0.15, 0.2) is 0 Å². The lowest BCUT2D eigenvalue weighted by Gasteiger charge is -2.34. The van der Waals surface area contributed by atoms with Gasteiger partial charge in [0, 0.05) is 31.7 Å². The average Bonchev–Trinajstić information content (AvgIpc) is 2.69. The van der Waals surface area contributed by atoms with Crippen LogP contribution in [0.1, 0.15) is 51.0 Å². The maximum atomic E-state index is 6.11. The predicted molar refractivity (Wildman–Crippen MR) is 83.7 cm³/mol. The molecule has 2 rings (SSSR count). The first-order chi connectivity index (χ1) is 9.83. The van der Waals surface area contributed by atoms with Crippen molar-refractivity contribution in [1.29, 1.82) is 0 Å². The van der Waals surface area contributed by atoms with E-state index in [0.717, 1.165) is 36.7 Å². The van der Waals surface area contributed by atoms with E-state index in [1.54, 1.807) is 11.8 Å². The molecule has 2 heterocycles. The lowest BCUT2D eigenvalue weighted by molar-refractivity contribution is -0.0308. The lowest BCUT2D eigenvalue weighted by Crippen LogP contribution is -2.41. The Kier molecular flexibility index (Phi) is 4.94. The minimum atomic E-state index is 0.0669. The van der Waals surface area contributed by atoms with Crippen molar-refractivity contribution in [1.82, 2.24) is 15.1 Å². The predicted octanol–water partition coefficient (Wildman–Crippen LogP) is 2.59. The Morgan fingerprint density at radius 1 is 1.43 bits per heavy atom. The third kappa shape index (κ3) is 3.77. The lowest BCUT2D eigenvalue weighted by atomic mass is 9.88. The summed E-state index contributed by atoms with van der Waals surface area (Å²) < 4.78 is 13.5. The highest BCUT2D eigenvalue weighted by molar-refractivity contribution is 5.34. The second kappa shape index (κ2) is 6.36. The zero-order chi connectivity index (χ0) is 15.6. The normalized spacial score (nSPS) is 23.3. The second-order valence-electron chi connectivity index (χ2n) is 6.96. The van der Waals surface area contributed by atoms with E-state index in [2.05, 4.69) is 31.2 Å². The molecule has 1 saturated heterocycles. The largest absolute Gasteiger partial charge is 0.481 e. The second-order valence-corrected chi connectivity index (χ2v) is 6.96. The van der Waals surface area contributed by atoms with Crippen LogP contribution >= 0.6 is 0 Å². The molecule has 120 valence electrons. The van der Waals surface area contributed by atoms with Crippen LogP contribution in [0.2, 0.25) is 0 Å². The van der Waals surface area contributed by atoms with Crippen LogP contribution < -0.4 is 10.1 Å². The number of nitrogens with zero attached hydrogens (tertiary/aromatic N) is 2. The number of hydrogen-bond acceptors (Lipinski definition) is 4. The highest BCUT2D eigenvalue weighted by Crippen LogP contribution is 2.39. The van der Waals surface area contributed by atoms with Gasteiger partial charge in [0.05, 0.1) is 24.5 Å². The quantitative estimate of drug-likeness (QED) is 0.927. The fourth-order valence-electron chi connectivity index (χ4n) is 3.03. The number of hydrogen-bond donors (Lipinski definition) is 1. The van der Waals surface area contributed by atoms with Crippen LogP contribution in [0.4, 0.5) is 0 Å². The fraction of sp³-hybridized carbons (Fsp3) is 0.812. The van der Waals surface area contributed by atoms with Crippen LogP contribution in [-0.2, 0) is 11.8 Å². The molecule has 0 bridgehead atoms. The molecule has 0 amide bonds. The van der Waals surface area contributed by atoms with Gasteiger partial charge >= 0.3 is 0 Å². The molecule has 0 spiro atoms. The van der Waals surface area contributed by atoms with Gasteiger partial charge in [-0.15, -0.1) is 0 Å². The summed E-state index contributed by atoms with van der Waals surface area (Å²) in [5, 5.41) is 8.10. The standard InChI is InChI=1S/C16H29N3O2/c1-11-13(15(20-6)19(5)18-11)14-12(8-7-9-21-14)10-17-16(2,3)4/h12,14,17H,7-10H2,1-6H3. The molecular weight excluding hydrogens is 266 g/mol. The summed E-state index contributed by atoms with van der Waals surface area (Å²) in [6, 6.07) is 0. The first-order valence-electron chi connectivity index (χ1n) is 7.77. The van der Waals surface area contributed by atoms with E-state index in [0.29, 0.717) is 5.92 Å². The molecule has 1 aromatic rings. The first-order valence-corrected chi connectivity index (χ1v) is 7.77. The SMILES string of the molecule is COc1c(C2OCCCC2CNC(C)(C)C)c(C)nn1C. The van der Waals surface area contributed by atoms with E-state index in [1.807, 2.05) is 14.0 Å². The Labute approximate surface area is 128 Å². The van der Waals surface area contributed by atoms with E-state index in [-0.39, 0.29) is 11.6 Å². The Morgan fingerprint density at radius 3 is 2.76 bits per heavy atom. The average molecular weight is 295 g/mol. The molecule has 1 aliphatic heterocycles. The summed E-state index contributed by atoms with van der Waals surface area (Å²) in [6.07, 6.45) is 2.36. The van der Waals surface area contributed by atoms with Gasteiger partial charge < -0.3 is 14.8 Å². The van der Waals surface area contributed by atoms with E-state index in [1.165, 1.54) is 6.42 Å². The minimum Gasteiger partial charge on any atom is -0.481 e. The molecule has 0 aliphatic carbocycles. The van der Waals surface area contributed by atoms with Gasteiger partial charge in [-0.05, 0) is 40.5 Å². The molecule has 1 N–H and O–H groups in total. The van der Waals surface area contributed by atoms with E-state index < -0.39 is 0 Å². The van der Waals surface area contributed by atoms with Crippen molar-refractivity contribution < 1.29 is 9.47 Å². The molecule has 0 saturated carbocycles. The number of aromatic nitrogens is 2. The van der Waals surface area contributed by atoms with Crippen LogP contribution in [0.15, 0.2) is 0 Å². The van der Waals surface area contributed by atoms with Gasteiger partial charge in [0.25, 0.3) is 0 Å². The number of nitrogens with one attached hydrogen (secondary N) is 1. The third-order valence-electron chi connectivity index (χ3n) is 4.03. The highest BCUT2D eigenvalue weighted by Gasteiger charge is 2.33. The molecule has 0 radical (unpaired) electrons. The Morgan fingerprint density at radius 2 is 2.14 bits per heavy atom. The zero-order valence-corrected chi connectivity index (χ0v) is 14.2.